The fraction of sp³-hybridized carbons (Fsp3) is 0.333. The molecule has 0 aliphatic heterocycles. The average Bonchev–Trinajstić information content (AvgIpc) is 3.35. The Bertz CT molecular complexity index is 1260. The molecule has 0 radical (unpaired) electrons. The Hall–Kier alpha value is -3.31. The second kappa shape index (κ2) is 8.32. The summed E-state index contributed by atoms with van der Waals surface area (Å²) in [6.07, 6.45) is 4.46. The van der Waals surface area contributed by atoms with Crippen LogP contribution in [0.15, 0.2) is 39.7 Å². The van der Waals surface area contributed by atoms with Crippen LogP contribution in [-0.2, 0) is 12.8 Å². The van der Waals surface area contributed by atoms with Crippen molar-refractivity contribution in [2.24, 2.45) is 16.3 Å². The second-order valence-corrected chi connectivity index (χ2v) is 10.1. The molecule has 3 aromatic rings. The van der Waals surface area contributed by atoms with Crippen molar-refractivity contribution in [3.63, 3.8) is 0 Å². The lowest BCUT2D eigenvalue weighted by atomic mass is 9.72. The lowest BCUT2D eigenvalue weighted by Gasteiger charge is -2.33. The number of nitro benzene ring substituents is 1. The highest BCUT2D eigenvalue weighted by atomic mass is 32.1. The van der Waals surface area contributed by atoms with E-state index in [1.807, 2.05) is 0 Å². The number of thiophene rings is 1. The smallest absolute Gasteiger partial charge is 0.305 e. The third-order valence-corrected chi connectivity index (χ3v) is 7.11. The number of fused-ring (bicyclic) bond motifs is 1. The number of benzene rings is 1. The highest BCUT2D eigenvalue weighted by Gasteiger charge is 2.32. The van der Waals surface area contributed by atoms with Crippen LogP contribution >= 0.6 is 11.3 Å². The first-order valence-electron chi connectivity index (χ1n) is 10.3. The maximum absolute atomic E-state index is 13.6. The van der Waals surface area contributed by atoms with E-state index in [9.17, 15) is 19.8 Å². The van der Waals surface area contributed by atoms with Crippen LogP contribution in [0.1, 0.15) is 49.0 Å². The zero-order chi connectivity index (χ0) is 23.0. The zero-order valence-corrected chi connectivity index (χ0v) is 18.8. The van der Waals surface area contributed by atoms with Gasteiger partial charge < -0.3 is 4.42 Å². The van der Waals surface area contributed by atoms with E-state index in [4.69, 9.17) is 4.42 Å². The number of rotatable bonds is 4. The molecule has 1 aromatic carbocycles. The summed E-state index contributed by atoms with van der Waals surface area (Å²) in [5, 5.41) is 21.4. The van der Waals surface area contributed by atoms with Gasteiger partial charge in [-0.05, 0) is 60.4 Å². The lowest BCUT2D eigenvalue weighted by molar-refractivity contribution is -0.387. The van der Waals surface area contributed by atoms with Crippen molar-refractivity contribution in [2.45, 2.75) is 40.0 Å². The molecule has 8 heteroatoms. The molecule has 0 spiro atoms. The van der Waals surface area contributed by atoms with E-state index in [0.29, 0.717) is 33.6 Å². The van der Waals surface area contributed by atoms with Crippen molar-refractivity contribution < 1.29 is 13.7 Å². The zero-order valence-electron chi connectivity index (χ0n) is 18.0. The Morgan fingerprint density at radius 3 is 2.81 bits per heavy atom. The van der Waals surface area contributed by atoms with Crippen molar-refractivity contribution in [3.05, 3.63) is 68.0 Å². The molecule has 0 unspecified atom stereocenters. The number of aliphatic imine (C=N–C) groups is 1. The molecule has 1 atom stereocenters. The predicted octanol–water partition coefficient (Wildman–Crippen LogP) is 6.83. The van der Waals surface area contributed by atoms with E-state index in [-0.39, 0.29) is 5.41 Å². The van der Waals surface area contributed by atoms with Crippen LogP contribution in [0.5, 0.6) is 0 Å². The molecule has 164 valence electrons. The van der Waals surface area contributed by atoms with Gasteiger partial charge in [-0.15, -0.1) is 11.3 Å². The Labute approximate surface area is 189 Å². The summed E-state index contributed by atoms with van der Waals surface area (Å²) >= 11 is 1.56. The Kier molecular flexibility index (Phi) is 5.70. The molecule has 0 bridgehead atoms. The SMILES string of the molecule is CC(C)(C)[C@@H]1CCc2c(sc(N=Cc3ccc(-c4ccc(F)c([N+](=O)[O-])c4)o3)c2C#N)C1. The van der Waals surface area contributed by atoms with Crippen LogP contribution in [0.25, 0.3) is 11.3 Å². The summed E-state index contributed by atoms with van der Waals surface area (Å²) in [4.78, 5) is 16.0. The van der Waals surface area contributed by atoms with Gasteiger partial charge in [0.2, 0.25) is 5.82 Å². The monoisotopic (exact) mass is 451 g/mol. The fourth-order valence-corrected chi connectivity index (χ4v) is 5.24. The minimum atomic E-state index is -0.897. The van der Waals surface area contributed by atoms with Crippen LogP contribution in [-0.4, -0.2) is 11.1 Å². The van der Waals surface area contributed by atoms with Gasteiger partial charge in [-0.25, -0.2) is 4.99 Å². The molecule has 0 fully saturated rings. The average molecular weight is 452 g/mol. The van der Waals surface area contributed by atoms with Gasteiger partial charge in [-0.3, -0.25) is 10.1 Å². The number of nitro groups is 1. The third-order valence-electron chi connectivity index (χ3n) is 5.95. The number of hydrogen-bond acceptors (Lipinski definition) is 6. The first-order valence-corrected chi connectivity index (χ1v) is 11.1. The van der Waals surface area contributed by atoms with Crippen molar-refractivity contribution >= 4 is 28.2 Å². The van der Waals surface area contributed by atoms with Gasteiger partial charge in [0, 0.05) is 16.5 Å². The number of nitrogens with zero attached hydrogens (tertiary/aromatic N) is 3. The summed E-state index contributed by atoms with van der Waals surface area (Å²) < 4.78 is 19.3. The van der Waals surface area contributed by atoms with Crippen LogP contribution in [0.3, 0.4) is 0 Å². The molecule has 0 N–H and O–H groups in total. The molecular weight excluding hydrogens is 429 g/mol. The quantitative estimate of drug-likeness (QED) is 0.247. The van der Waals surface area contributed by atoms with Crippen molar-refractivity contribution in [3.8, 4) is 17.4 Å². The fourth-order valence-electron chi connectivity index (χ4n) is 4.02. The maximum atomic E-state index is 13.6. The van der Waals surface area contributed by atoms with Crippen LogP contribution in [0, 0.1) is 38.6 Å². The molecule has 1 aliphatic carbocycles. The van der Waals surface area contributed by atoms with Gasteiger partial charge in [0.1, 0.15) is 22.6 Å². The van der Waals surface area contributed by atoms with Gasteiger partial charge >= 0.3 is 5.69 Å². The van der Waals surface area contributed by atoms with Crippen LogP contribution < -0.4 is 0 Å². The number of nitriles is 1. The molecule has 6 nitrogen and oxygen atoms in total. The molecule has 0 saturated carbocycles. The van der Waals surface area contributed by atoms with Gasteiger partial charge in [0.05, 0.1) is 16.7 Å². The Balaban J connectivity index is 1.59. The van der Waals surface area contributed by atoms with Gasteiger partial charge in [-0.1, -0.05) is 20.8 Å². The Morgan fingerprint density at radius 1 is 1.34 bits per heavy atom. The summed E-state index contributed by atoms with van der Waals surface area (Å²) in [5.74, 6) is 0.485. The second-order valence-electron chi connectivity index (χ2n) is 8.99. The highest BCUT2D eigenvalue weighted by Crippen LogP contribution is 2.44. The van der Waals surface area contributed by atoms with Gasteiger partial charge in [0.25, 0.3) is 0 Å². The molecule has 0 saturated heterocycles. The maximum Gasteiger partial charge on any atom is 0.305 e. The van der Waals surface area contributed by atoms with Crippen LogP contribution in [0.4, 0.5) is 15.1 Å². The van der Waals surface area contributed by atoms with E-state index in [1.54, 1.807) is 29.7 Å². The van der Waals surface area contributed by atoms with Gasteiger partial charge in [0.15, 0.2) is 0 Å². The molecular formula is C24H22FN3O3S. The summed E-state index contributed by atoms with van der Waals surface area (Å²) in [7, 11) is 0. The van der Waals surface area contributed by atoms with E-state index in [2.05, 4.69) is 31.8 Å². The minimum absolute atomic E-state index is 0.220. The first-order chi connectivity index (χ1) is 15.2. The van der Waals surface area contributed by atoms with Crippen molar-refractivity contribution in [1.29, 1.82) is 5.26 Å². The molecule has 1 aliphatic rings. The molecule has 4 rings (SSSR count). The summed E-state index contributed by atoms with van der Waals surface area (Å²) in [6.45, 7) is 6.76. The third kappa shape index (κ3) is 4.21. The predicted molar refractivity (Wildman–Crippen MR) is 122 cm³/mol. The largest absolute Gasteiger partial charge is 0.455 e. The topological polar surface area (TPSA) is 92.4 Å². The minimum Gasteiger partial charge on any atom is -0.455 e. The normalized spacial score (nSPS) is 16.2. The van der Waals surface area contributed by atoms with Crippen LogP contribution in [0.2, 0.25) is 0 Å². The van der Waals surface area contributed by atoms with E-state index in [1.165, 1.54) is 10.9 Å². The molecule has 0 amide bonds. The lowest BCUT2D eigenvalue weighted by Crippen LogP contribution is -2.26. The number of halogens is 1. The van der Waals surface area contributed by atoms with Gasteiger partial charge in [-0.2, -0.15) is 9.65 Å². The number of furan rings is 1. The standard InChI is InChI=1S/C24H22FN3O3S/c1-24(2,3)15-5-7-17-18(12-26)23(32-22(17)11-15)27-13-16-6-9-21(31-16)14-4-8-19(25)20(10-14)28(29)30/h4,6,8-10,13,15H,5,7,11H2,1-3H3/t15-/m1/s1. The molecule has 32 heavy (non-hydrogen) atoms. The number of hydrogen-bond donors (Lipinski definition) is 0. The van der Waals surface area contributed by atoms with E-state index >= 15 is 0 Å². The Morgan fingerprint density at radius 2 is 2.12 bits per heavy atom. The highest BCUT2D eigenvalue weighted by molar-refractivity contribution is 7.16. The van der Waals surface area contributed by atoms with E-state index in [0.717, 1.165) is 37.0 Å². The first kappa shape index (κ1) is 21.9. The van der Waals surface area contributed by atoms with E-state index < -0.39 is 16.4 Å². The summed E-state index contributed by atoms with van der Waals surface area (Å²) in [5.41, 5.74) is 1.76. The van der Waals surface area contributed by atoms with Crippen molar-refractivity contribution in [2.75, 3.05) is 0 Å². The van der Waals surface area contributed by atoms with Crippen molar-refractivity contribution in [1.82, 2.24) is 0 Å². The molecule has 2 heterocycles. The molecule has 2 aromatic heterocycles. The summed E-state index contributed by atoms with van der Waals surface area (Å²) in [6, 6.07) is 9.26.